The van der Waals surface area contributed by atoms with Gasteiger partial charge < -0.3 is 117 Å². The van der Waals surface area contributed by atoms with Crippen LogP contribution >= 0.6 is 91.1 Å². The molecule has 0 aromatic heterocycles. The molecule has 52 heteroatoms. The maximum Gasteiger partial charge on any atom is 0.355 e. The van der Waals surface area contributed by atoms with Gasteiger partial charge in [-0.15, -0.1) is 0 Å². The first kappa shape index (κ1) is 65.6. The van der Waals surface area contributed by atoms with Crippen LogP contribution in [0.2, 0.25) is 0 Å². The maximum atomic E-state index is 12.5. The summed E-state index contributed by atoms with van der Waals surface area (Å²) >= 11 is 0. The molecule has 0 bridgehead atoms. The van der Waals surface area contributed by atoms with Gasteiger partial charge in [-0.3, -0.25) is 74.4 Å². The van der Waals surface area contributed by atoms with E-state index in [0.29, 0.717) is 0 Å². The smallest absolute Gasteiger partial charge is 0.323 e. The quantitative estimate of drug-likeness (QED) is 0.0341. The summed E-state index contributed by atoms with van der Waals surface area (Å²) in [5.74, 6) is 0. The topological polar surface area (TPSA) is 703 Å². The molecule has 0 aromatic rings. The molecule has 24 N–H and O–H groups in total. The Morgan fingerprint density at radius 2 is 0.312 bits per heavy atom. The zero-order valence-corrected chi connectivity index (χ0v) is 41.2. The van der Waals surface area contributed by atoms with E-state index in [2.05, 4.69) is 0 Å². The van der Waals surface area contributed by atoms with Crippen molar-refractivity contribution in [3.8, 4) is 0 Å². The van der Waals surface area contributed by atoms with Gasteiger partial charge in [0, 0.05) is 39.3 Å². The lowest BCUT2D eigenvalue weighted by atomic mass is 10.4. The fourth-order valence-electron chi connectivity index (χ4n) is 5.70. The molecule has 0 heterocycles. The van der Waals surface area contributed by atoms with Crippen molar-refractivity contribution in [2.24, 2.45) is 0 Å². The van der Waals surface area contributed by atoms with Gasteiger partial charge in [0.2, 0.25) is 33.1 Å². The maximum absolute atomic E-state index is 12.5. The minimum atomic E-state index is -6.72. The third-order valence-electron chi connectivity index (χ3n) is 7.42. The van der Waals surface area contributed by atoms with E-state index < -0.39 is 183 Å². The predicted molar refractivity (Wildman–Crippen MR) is 204 cm³/mol. The first-order valence-corrected chi connectivity index (χ1v) is 35.2. The van der Waals surface area contributed by atoms with E-state index >= 15 is 0 Å². The van der Waals surface area contributed by atoms with Crippen molar-refractivity contribution >= 4 is 91.1 Å². The van der Waals surface area contributed by atoms with Crippen molar-refractivity contribution in [3.05, 3.63) is 0 Å². The highest BCUT2D eigenvalue weighted by Gasteiger charge is 2.61. The van der Waals surface area contributed by atoms with E-state index in [1.54, 1.807) is 0 Å². The van der Waals surface area contributed by atoms with Crippen molar-refractivity contribution in [1.82, 2.24) is 19.6 Å². The van der Waals surface area contributed by atoms with Gasteiger partial charge in [0.15, 0.2) is 0 Å². The van der Waals surface area contributed by atoms with Gasteiger partial charge in [0.25, 0.3) is 0 Å². The number of hydrogen-bond acceptors (Lipinski definition) is 16. The van der Waals surface area contributed by atoms with Crippen LogP contribution in [-0.4, -0.2) is 209 Å². The van der Waals surface area contributed by atoms with Crippen molar-refractivity contribution in [1.29, 1.82) is 0 Å². The molecule has 0 saturated heterocycles. The molecule has 0 aliphatic rings. The Labute approximate surface area is 354 Å². The second kappa shape index (κ2) is 21.8. The van der Waals surface area contributed by atoms with Gasteiger partial charge in [0.1, 0.15) is 0 Å². The number of nitrogens with zero attached hydrogens (tertiary/aromatic N) is 4. The predicted octanol–water partition coefficient (Wildman–Crippen LogP) is -5.97. The molecule has 64 heavy (non-hydrogen) atoms. The van der Waals surface area contributed by atoms with E-state index in [4.69, 9.17) is 0 Å². The molecule has 0 aliphatic heterocycles. The third-order valence-corrected chi connectivity index (χ3v) is 29.1. The Kier molecular flexibility index (Phi) is 22.3. The number of hydrogen-bond donors (Lipinski definition) is 24. The average Bonchev–Trinajstić information content (AvgIpc) is 2.87. The van der Waals surface area contributed by atoms with E-state index in [9.17, 15) is 172 Å². The van der Waals surface area contributed by atoms with E-state index in [-0.39, 0.29) is 0 Å². The summed E-state index contributed by atoms with van der Waals surface area (Å²) in [7, 11) is -80.2. The van der Waals surface area contributed by atoms with Gasteiger partial charge in [-0.05, 0) is 0 Å². The van der Waals surface area contributed by atoms with Crippen LogP contribution in [0.4, 0.5) is 0 Å². The molecule has 0 saturated carbocycles. The summed E-state index contributed by atoms with van der Waals surface area (Å²) in [6.45, 7) is -12.8. The monoisotopic (exact) mass is 1190 g/mol. The summed E-state index contributed by atoms with van der Waals surface area (Å²) in [4.78, 5) is 232. The Morgan fingerprint density at radius 1 is 0.203 bits per heavy atom. The van der Waals surface area contributed by atoms with Crippen LogP contribution in [0, 0.1) is 0 Å². The first-order valence-electron chi connectivity index (χ1n) is 15.0. The van der Waals surface area contributed by atoms with Crippen LogP contribution in [0.1, 0.15) is 0 Å². The van der Waals surface area contributed by atoms with Crippen LogP contribution < -0.4 is 0 Å². The van der Waals surface area contributed by atoms with Crippen LogP contribution in [0.3, 0.4) is 0 Å². The van der Waals surface area contributed by atoms with Gasteiger partial charge in [-0.2, -0.15) is 0 Å². The standard InChI is InChI=1S/C12H42N4O36P12/c17-53(18,19)7(54(20,21)22)13(3-5-15(9(57(29,30)31)58(32,33)34)10(59(35,36)37)60(38,39)40)1-2-14(8(55(23,24)25)56(26,27)28)4-6-16(11(61(41,42)43)62(44,45)46)12(63(47,48)49)64(50,51)52/h7-12H,1-6H2,(H2,17,18,19)(H2,20,21,22)(H2,23,24,25)(H2,26,27,28)(H2,29,30,31)(H2,32,33,34)(H2,35,36,37)(H2,38,39,40)(H2,41,42,43)(H2,44,45,46)(H2,47,48,49)(H2,50,51,52). The molecule has 0 rings (SSSR count). The van der Waals surface area contributed by atoms with Crippen LogP contribution in [0.15, 0.2) is 0 Å². The Balaban J connectivity index is 8.42. The summed E-state index contributed by atoms with van der Waals surface area (Å²) in [6, 6.07) is 0. The first-order chi connectivity index (χ1) is 27.4. The molecule has 386 valence electrons. The molecule has 0 spiro atoms. The minimum absolute atomic E-state index is 0.551. The summed E-state index contributed by atoms with van der Waals surface area (Å²) in [5, 5.41) is 0. The average molecular weight is 1190 g/mol. The molecule has 0 atom stereocenters. The Morgan fingerprint density at radius 3 is 0.422 bits per heavy atom. The molecule has 0 aromatic carbocycles. The fraction of sp³-hybridized carbons (Fsp3) is 1.00. The summed E-state index contributed by atoms with van der Waals surface area (Å²) < 4.78 is 148. The van der Waals surface area contributed by atoms with Gasteiger partial charge in [0.05, 0.1) is 0 Å². The van der Waals surface area contributed by atoms with Crippen LogP contribution in [-0.2, 0) is 54.8 Å². The molecule has 40 nitrogen and oxygen atoms in total. The van der Waals surface area contributed by atoms with Crippen molar-refractivity contribution in [2.75, 3.05) is 39.3 Å². The zero-order valence-electron chi connectivity index (χ0n) is 30.5. The lowest BCUT2D eigenvalue weighted by molar-refractivity contribution is 0.132. The fourth-order valence-corrected chi connectivity index (χ4v) is 23.7. The van der Waals surface area contributed by atoms with Gasteiger partial charge in [-0.1, -0.05) is 0 Å². The highest BCUT2D eigenvalue weighted by atomic mass is 31.3. The normalized spacial score (nSPS) is 15.8. The van der Waals surface area contributed by atoms with Gasteiger partial charge >= 0.3 is 91.1 Å². The summed E-state index contributed by atoms with van der Waals surface area (Å²) in [6.07, 6.45) is 0. The van der Waals surface area contributed by atoms with E-state index in [1.165, 1.54) is 0 Å². The molecular weight excluding hydrogens is 1150 g/mol. The summed E-state index contributed by atoms with van der Waals surface area (Å²) in [5.41, 5.74) is -24.1. The third kappa shape index (κ3) is 19.7. The number of rotatable bonds is 27. The Hall–Kier alpha value is 1.64. The molecular formula is C12H42N4O36P12. The zero-order chi connectivity index (χ0) is 52.0. The van der Waals surface area contributed by atoms with Crippen molar-refractivity contribution in [3.63, 3.8) is 0 Å². The molecule has 0 aliphatic carbocycles. The largest absolute Gasteiger partial charge is 0.355 e. The second-order valence-corrected chi connectivity index (χ2v) is 35.1. The lowest BCUT2D eigenvalue weighted by Crippen LogP contribution is -2.51. The van der Waals surface area contributed by atoms with Gasteiger partial charge in [-0.25, -0.2) is 0 Å². The SMILES string of the molecule is O=P(O)(O)C(N(CCN(CCN(C(P(=O)(O)O)P(=O)(O)O)C(P(=O)(O)O)P(=O)(O)O)C(P(=O)(O)O)P(=O)(O)O)CCN(C(P(=O)(O)O)P(=O)(O)O)C(P(=O)(O)O)P(=O)(O)O)P(=O)(O)O. The van der Waals surface area contributed by atoms with E-state index in [0.717, 1.165) is 0 Å². The van der Waals surface area contributed by atoms with Crippen molar-refractivity contribution in [2.45, 2.75) is 33.1 Å². The minimum Gasteiger partial charge on any atom is -0.323 e. The van der Waals surface area contributed by atoms with Crippen LogP contribution in [0.25, 0.3) is 0 Å². The highest BCUT2D eigenvalue weighted by Crippen LogP contribution is 2.71. The van der Waals surface area contributed by atoms with E-state index in [1.807, 2.05) is 0 Å². The van der Waals surface area contributed by atoms with Crippen molar-refractivity contribution < 1.29 is 172 Å². The highest BCUT2D eigenvalue weighted by molar-refractivity contribution is 7.74. The molecule has 0 amide bonds. The molecule has 0 radical (unpaired) electrons. The Bertz CT molecular complexity index is 1850. The molecule has 0 fully saturated rings. The molecule has 0 unspecified atom stereocenters. The van der Waals surface area contributed by atoms with Crippen LogP contribution in [0.5, 0.6) is 0 Å². The second-order valence-electron chi connectivity index (χ2n) is 12.7. The lowest BCUT2D eigenvalue weighted by Gasteiger charge is -2.41.